The maximum absolute atomic E-state index is 12.7. The lowest BCUT2D eigenvalue weighted by Gasteiger charge is -2.15. The van der Waals surface area contributed by atoms with E-state index in [4.69, 9.17) is 35.4 Å². The zero-order valence-corrected chi connectivity index (χ0v) is 17.8. The molecule has 0 aromatic heterocycles. The van der Waals surface area contributed by atoms with Crippen LogP contribution in [0.4, 0.5) is 0 Å². The number of benzene rings is 2. The van der Waals surface area contributed by atoms with Gasteiger partial charge in [0.25, 0.3) is 11.8 Å². The molecule has 0 aliphatic carbocycles. The molecule has 1 heterocycles. The average Bonchev–Trinajstić information content (AvgIpc) is 2.92. The van der Waals surface area contributed by atoms with Gasteiger partial charge in [-0.2, -0.15) is 5.01 Å². The Bertz CT molecular complexity index is 1020. The fourth-order valence-electron chi connectivity index (χ4n) is 2.43. The Kier molecular flexibility index (Phi) is 6.57. The number of nitrogens with zero attached hydrogens (tertiary/aromatic N) is 1. The van der Waals surface area contributed by atoms with E-state index in [1.54, 1.807) is 6.08 Å². The third kappa shape index (κ3) is 4.83. The topological polar surface area (TPSA) is 49.4 Å². The van der Waals surface area contributed by atoms with Crippen LogP contribution in [-0.2, 0) is 4.79 Å². The minimum Gasteiger partial charge on any atom is -0.267 e. The molecule has 1 saturated heterocycles. The van der Waals surface area contributed by atoms with Crippen LogP contribution in [0.5, 0.6) is 0 Å². The van der Waals surface area contributed by atoms with Gasteiger partial charge < -0.3 is 0 Å². The van der Waals surface area contributed by atoms with Crippen molar-refractivity contribution in [3.63, 3.8) is 0 Å². The first-order chi connectivity index (χ1) is 13.3. The summed E-state index contributed by atoms with van der Waals surface area (Å²) in [5, 5.41) is 1.65. The SMILES string of the molecule is CC(/C=C1\SC(=S)N(NC(=O)c2ccc(Cl)c(Cl)c2)C1=O)=C\c1ccccc1. The van der Waals surface area contributed by atoms with E-state index >= 15 is 0 Å². The van der Waals surface area contributed by atoms with Crippen LogP contribution >= 0.6 is 47.2 Å². The summed E-state index contributed by atoms with van der Waals surface area (Å²) < 4.78 is 0.247. The molecular weight excluding hydrogens is 435 g/mol. The molecule has 28 heavy (non-hydrogen) atoms. The second-order valence-corrected chi connectivity index (χ2v) is 8.38. The van der Waals surface area contributed by atoms with E-state index in [-0.39, 0.29) is 20.8 Å². The normalized spacial score (nSPS) is 16.0. The molecule has 1 aliphatic heterocycles. The van der Waals surface area contributed by atoms with Crippen molar-refractivity contribution in [3.8, 4) is 0 Å². The highest BCUT2D eigenvalue weighted by atomic mass is 35.5. The molecule has 0 unspecified atom stereocenters. The van der Waals surface area contributed by atoms with Gasteiger partial charge in [-0.25, -0.2) is 0 Å². The highest BCUT2D eigenvalue weighted by Gasteiger charge is 2.33. The number of thioether (sulfide) groups is 1. The number of thiocarbonyl (C=S) groups is 1. The molecule has 0 spiro atoms. The smallest absolute Gasteiger partial charge is 0.267 e. The molecule has 4 nitrogen and oxygen atoms in total. The van der Waals surface area contributed by atoms with Gasteiger partial charge in [0.2, 0.25) is 0 Å². The van der Waals surface area contributed by atoms with Gasteiger partial charge in [0.05, 0.1) is 15.0 Å². The summed E-state index contributed by atoms with van der Waals surface area (Å²) >= 11 is 18.2. The number of allylic oxidation sites excluding steroid dienone is 2. The molecule has 8 heteroatoms. The number of halogens is 2. The fourth-order valence-corrected chi connectivity index (χ4v) is 3.96. The van der Waals surface area contributed by atoms with E-state index in [2.05, 4.69) is 5.43 Å². The summed E-state index contributed by atoms with van der Waals surface area (Å²) in [6.07, 6.45) is 3.71. The van der Waals surface area contributed by atoms with Crippen LogP contribution in [-0.4, -0.2) is 21.1 Å². The Hall–Kier alpha value is -2.12. The molecule has 0 radical (unpaired) electrons. The molecule has 0 saturated carbocycles. The van der Waals surface area contributed by atoms with Gasteiger partial charge in [-0.1, -0.05) is 71.4 Å². The molecular formula is C20H14Cl2N2O2S2. The summed E-state index contributed by atoms with van der Waals surface area (Å²) in [6.45, 7) is 1.90. The van der Waals surface area contributed by atoms with Crippen molar-refractivity contribution in [1.82, 2.24) is 10.4 Å². The zero-order chi connectivity index (χ0) is 20.3. The van der Waals surface area contributed by atoms with Crippen molar-refractivity contribution in [1.29, 1.82) is 0 Å². The Morgan fingerprint density at radius 2 is 1.86 bits per heavy atom. The van der Waals surface area contributed by atoms with Gasteiger partial charge in [0.1, 0.15) is 0 Å². The number of carbonyl (C=O) groups is 2. The predicted molar refractivity (Wildman–Crippen MR) is 119 cm³/mol. The van der Waals surface area contributed by atoms with Crippen molar-refractivity contribution in [2.24, 2.45) is 0 Å². The number of hydrogen-bond donors (Lipinski definition) is 1. The Morgan fingerprint density at radius 1 is 1.14 bits per heavy atom. The highest BCUT2D eigenvalue weighted by molar-refractivity contribution is 8.26. The maximum Gasteiger partial charge on any atom is 0.285 e. The van der Waals surface area contributed by atoms with E-state index < -0.39 is 5.91 Å². The van der Waals surface area contributed by atoms with E-state index in [1.165, 1.54) is 18.2 Å². The minimum atomic E-state index is -0.507. The van der Waals surface area contributed by atoms with Gasteiger partial charge in [-0.3, -0.25) is 15.0 Å². The van der Waals surface area contributed by atoms with Crippen LogP contribution in [0.25, 0.3) is 6.08 Å². The van der Waals surface area contributed by atoms with Crippen molar-refractivity contribution < 1.29 is 9.59 Å². The zero-order valence-electron chi connectivity index (χ0n) is 14.6. The van der Waals surface area contributed by atoms with E-state index in [1.807, 2.05) is 43.3 Å². The molecule has 2 aromatic carbocycles. The summed E-state index contributed by atoms with van der Waals surface area (Å²) in [5.74, 6) is -0.892. The minimum absolute atomic E-state index is 0.247. The van der Waals surface area contributed by atoms with E-state index in [9.17, 15) is 9.59 Å². The number of nitrogens with one attached hydrogen (secondary N) is 1. The Labute approximate surface area is 182 Å². The third-order valence-electron chi connectivity index (χ3n) is 3.74. The summed E-state index contributed by atoms with van der Waals surface area (Å²) in [6, 6.07) is 14.2. The molecule has 1 aliphatic rings. The molecule has 142 valence electrons. The molecule has 0 bridgehead atoms. The van der Waals surface area contributed by atoms with Gasteiger partial charge >= 0.3 is 0 Å². The standard InChI is InChI=1S/C20H14Cl2N2O2S2/c1-12(9-13-5-3-2-4-6-13)10-17-19(26)24(20(27)28-17)23-18(25)14-7-8-15(21)16(22)11-14/h2-11H,1H3,(H,23,25)/b12-9+,17-10-. The van der Waals surface area contributed by atoms with Gasteiger partial charge in [-0.15, -0.1) is 0 Å². The Morgan fingerprint density at radius 3 is 2.54 bits per heavy atom. The first-order valence-electron chi connectivity index (χ1n) is 8.12. The predicted octanol–water partition coefficient (Wildman–Crippen LogP) is 5.49. The van der Waals surface area contributed by atoms with Crippen molar-refractivity contribution in [3.05, 3.63) is 86.3 Å². The lowest BCUT2D eigenvalue weighted by atomic mass is 10.1. The monoisotopic (exact) mass is 448 g/mol. The number of amides is 2. The van der Waals surface area contributed by atoms with E-state index in [0.717, 1.165) is 27.9 Å². The Balaban J connectivity index is 1.75. The van der Waals surface area contributed by atoms with Crippen LogP contribution in [0.3, 0.4) is 0 Å². The number of hydrazine groups is 1. The second kappa shape index (κ2) is 8.92. The van der Waals surface area contributed by atoms with Gasteiger partial charge in [0, 0.05) is 5.56 Å². The highest BCUT2D eigenvalue weighted by Crippen LogP contribution is 2.31. The molecule has 2 amide bonds. The third-order valence-corrected chi connectivity index (χ3v) is 5.78. The van der Waals surface area contributed by atoms with Gasteiger partial charge in [-0.05, 0) is 54.6 Å². The summed E-state index contributed by atoms with van der Waals surface area (Å²) in [4.78, 5) is 25.5. The van der Waals surface area contributed by atoms with Crippen LogP contribution in [0.2, 0.25) is 10.0 Å². The summed E-state index contributed by atoms with van der Waals surface area (Å²) in [7, 11) is 0. The first-order valence-corrected chi connectivity index (χ1v) is 10.1. The van der Waals surface area contributed by atoms with Crippen molar-refractivity contribution in [2.45, 2.75) is 6.92 Å². The average molecular weight is 449 g/mol. The second-order valence-electron chi connectivity index (χ2n) is 5.89. The number of carbonyl (C=O) groups excluding carboxylic acids is 2. The largest absolute Gasteiger partial charge is 0.285 e. The van der Waals surface area contributed by atoms with Crippen LogP contribution < -0.4 is 5.43 Å². The molecule has 3 rings (SSSR count). The van der Waals surface area contributed by atoms with Crippen molar-refractivity contribution >= 4 is 69.4 Å². The molecule has 0 atom stereocenters. The van der Waals surface area contributed by atoms with Crippen molar-refractivity contribution in [2.75, 3.05) is 0 Å². The lowest BCUT2D eigenvalue weighted by molar-refractivity contribution is -0.123. The number of hydrogen-bond acceptors (Lipinski definition) is 4. The van der Waals surface area contributed by atoms with Crippen LogP contribution in [0.1, 0.15) is 22.8 Å². The fraction of sp³-hybridized carbons (Fsp3) is 0.0500. The summed E-state index contributed by atoms with van der Waals surface area (Å²) in [5.41, 5.74) is 4.70. The number of rotatable bonds is 4. The van der Waals surface area contributed by atoms with Gasteiger partial charge in [0.15, 0.2) is 4.32 Å². The first kappa shape index (κ1) is 20.6. The van der Waals surface area contributed by atoms with Crippen LogP contribution in [0.15, 0.2) is 65.1 Å². The maximum atomic E-state index is 12.7. The van der Waals surface area contributed by atoms with E-state index in [0.29, 0.717) is 9.93 Å². The lowest BCUT2D eigenvalue weighted by Crippen LogP contribution is -2.44. The molecule has 2 aromatic rings. The van der Waals surface area contributed by atoms with Crippen LogP contribution in [0, 0.1) is 0 Å². The molecule has 1 N–H and O–H groups in total. The quantitative estimate of drug-likeness (QED) is 0.496. The molecule has 1 fully saturated rings.